The molecule has 1 aromatic carbocycles. The van der Waals surface area contributed by atoms with E-state index in [2.05, 4.69) is 5.43 Å². The number of nitro benzene ring substituents is 1. The van der Waals surface area contributed by atoms with Crippen LogP contribution in [0.3, 0.4) is 0 Å². The van der Waals surface area contributed by atoms with Crippen LogP contribution in [0.4, 0.5) is 5.69 Å². The summed E-state index contributed by atoms with van der Waals surface area (Å²) >= 11 is 0. The number of nitrogens with one attached hydrogen (secondary N) is 1. The van der Waals surface area contributed by atoms with E-state index in [-0.39, 0.29) is 17.2 Å². The van der Waals surface area contributed by atoms with E-state index in [1.165, 1.54) is 42.5 Å². The van der Waals surface area contributed by atoms with Crippen LogP contribution in [0.15, 0.2) is 24.3 Å². The third-order valence-electron chi connectivity index (χ3n) is 6.94. The summed E-state index contributed by atoms with van der Waals surface area (Å²) in [7, 11) is 0. The van der Waals surface area contributed by atoms with Crippen LogP contribution >= 0.6 is 0 Å². The molecule has 0 radical (unpaired) electrons. The highest BCUT2D eigenvalue weighted by atomic mass is 16.6. The van der Waals surface area contributed by atoms with Crippen LogP contribution in [0.5, 0.6) is 0 Å². The molecule has 0 saturated heterocycles. The second kappa shape index (κ2) is 6.82. The van der Waals surface area contributed by atoms with Crippen molar-refractivity contribution < 1.29 is 14.5 Å². The smallest absolute Gasteiger partial charge is 0.273 e. The second-order valence-electron chi connectivity index (χ2n) is 10.2. The Hall–Kier alpha value is -2.44. The van der Waals surface area contributed by atoms with Crippen molar-refractivity contribution in [3.05, 3.63) is 39.9 Å². The Kier molecular flexibility index (Phi) is 4.67. The van der Waals surface area contributed by atoms with Crippen molar-refractivity contribution in [2.24, 2.45) is 23.2 Å². The lowest BCUT2D eigenvalue weighted by molar-refractivity contribution is -0.385. The van der Waals surface area contributed by atoms with Crippen molar-refractivity contribution >= 4 is 17.5 Å². The molecule has 0 atom stereocenters. The highest BCUT2D eigenvalue weighted by molar-refractivity contribution is 5.99. The van der Waals surface area contributed by atoms with Crippen molar-refractivity contribution in [1.82, 2.24) is 10.4 Å². The van der Waals surface area contributed by atoms with E-state index in [0.29, 0.717) is 17.8 Å². The zero-order chi connectivity index (χ0) is 21.0. The van der Waals surface area contributed by atoms with Gasteiger partial charge in [-0.1, -0.05) is 12.1 Å². The number of para-hydroxylation sites is 1. The normalized spacial score (nSPS) is 30.1. The van der Waals surface area contributed by atoms with Crippen molar-refractivity contribution in [2.45, 2.75) is 64.8 Å². The van der Waals surface area contributed by atoms with Gasteiger partial charge in [0.25, 0.3) is 11.6 Å². The molecule has 0 unspecified atom stereocenters. The largest absolute Gasteiger partial charge is 0.282 e. The van der Waals surface area contributed by atoms with E-state index < -0.39 is 21.8 Å². The molecular weight excluding hydrogens is 370 g/mol. The predicted molar refractivity (Wildman–Crippen MR) is 108 cm³/mol. The van der Waals surface area contributed by atoms with Crippen molar-refractivity contribution in [3.8, 4) is 0 Å². The zero-order valence-corrected chi connectivity index (χ0v) is 17.3. The van der Waals surface area contributed by atoms with Gasteiger partial charge in [0.05, 0.1) is 15.9 Å². The number of nitro groups is 1. The summed E-state index contributed by atoms with van der Waals surface area (Å²) in [5, 5.41) is 12.7. The summed E-state index contributed by atoms with van der Waals surface area (Å²) < 4.78 is 0. The Morgan fingerprint density at radius 1 is 1.07 bits per heavy atom. The molecule has 4 saturated carbocycles. The minimum absolute atomic E-state index is 0.0155. The summed E-state index contributed by atoms with van der Waals surface area (Å²) in [5.41, 5.74) is 1.51. The molecule has 4 bridgehead atoms. The van der Waals surface area contributed by atoms with E-state index >= 15 is 0 Å². The number of nitrogens with zero attached hydrogens (tertiary/aromatic N) is 2. The first-order chi connectivity index (χ1) is 13.6. The third-order valence-corrected chi connectivity index (χ3v) is 6.94. The first kappa shape index (κ1) is 19.9. The lowest BCUT2D eigenvalue weighted by Gasteiger charge is -2.56. The maximum absolute atomic E-state index is 13.5. The van der Waals surface area contributed by atoms with Crippen LogP contribution < -0.4 is 5.43 Å². The summed E-state index contributed by atoms with van der Waals surface area (Å²) in [6.45, 7) is 5.46. The Morgan fingerprint density at radius 3 is 2.07 bits per heavy atom. The molecule has 7 nitrogen and oxygen atoms in total. The molecule has 4 aliphatic rings. The lowest BCUT2D eigenvalue weighted by Crippen LogP contribution is -2.61. The Bertz CT molecular complexity index is 823. The molecule has 4 fully saturated rings. The van der Waals surface area contributed by atoms with Gasteiger partial charge < -0.3 is 0 Å². The third kappa shape index (κ3) is 3.51. The van der Waals surface area contributed by atoms with Crippen molar-refractivity contribution in [2.75, 3.05) is 0 Å². The number of hydrogen-bond acceptors (Lipinski definition) is 4. The molecule has 7 heteroatoms. The fourth-order valence-electron chi connectivity index (χ4n) is 6.07. The number of benzene rings is 1. The molecule has 0 aliphatic heterocycles. The van der Waals surface area contributed by atoms with Gasteiger partial charge in [0.1, 0.15) is 5.56 Å². The van der Waals surface area contributed by atoms with Gasteiger partial charge in [0.2, 0.25) is 5.91 Å². The van der Waals surface area contributed by atoms with E-state index in [1.54, 1.807) is 6.07 Å². The quantitative estimate of drug-likeness (QED) is 0.612. The standard InChI is InChI=1S/C22H29N3O4/c1-21(2,3)24(19(26)17-6-4-5-7-18(17)25(28)29)23-20(27)22-11-14-8-15(12-22)10-16(9-14)13-22/h4-7,14-16H,8-13H2,1-3H3,(H,23,27). The molecule has 0 aromatic heterocycles. The maximum Gasteiger partial charge on any atom is 0.282 e. The van der Waals surface area contributed by atoms with Crippen LogP contribution in [0, 0.1) is 33.3 Å². The van der Waals surface area contributed by atoms with Gasteiger partial charge in [-0.15, -0.1) is 0 Å². The molecule has 2 amide bonds. The van der Waals surface area contributed by atoms with Crippen molar-refractivity contribution in [3.63, 3.8) is 0 Å². The van der Waals surface area contributed by atoms with Gasteiger partial charge in [0, 0.05) is 6.07 Å². The summed E-state index contributed by atoms with van der Waals surface area (Å²) in [4.78, 5) is 37.6. The highest BCUT2D eigenvalue weighted by Crippen LogP contribution is 2.60. The maximum atomic E-state index is 13.5. The number of hydrogen-bond donors (Lipinski definition) is 1. The van der Waals surface area contributed by atoms with Crippen LogP contribution in [0.1, 0.15) is 69.7 Å². The molecule has 0 heterocycles. The van der Waals surface area contributed by atoms with Crippen LogP contribution in [0.2, 0.25) is 0 Å². The van der Waals surface area contributed by atoms with E-state index in [0.717, 1.165) is 19.3 Å². The predicted octanol–water partition coefficient (Wildman–Crippen LogP) is 4.08. The monoisotopic (exact) mass is 399 g/mol. The summed E-state index contributed by atoms with van der Waals surface area (Å²) in [5.74, 6) is 1.18. The molecule has 1 aromatic rings. The average molecular weight is 399 g/mol. The molecule has 1 N–H and O–H groups in total. The van der Waals surface area contributed by atoms with Gasteiger partial charge in [-0.3, -0.25) is 25.1 Å². The molecule has 4 aliphatic carbocycles. The minimum atomic E-state index is -0.723. The number of carbonyl (C=O) groups excluding carboxylic acids is 2. The number of carbonyl (C=O) groups is 2. The SMILES string of the molecule is CC(C)(C)N(NC(=O)C12CC3CC(CC(C3)C1)C2)C(=O)c1ccccc1[N+](=O)[O-]. The average Bonchev–Trinajstić information content (AvgIpc) is 2.63. The second-order valence-corrected chi connectivity index (χ2v) is 10.2. The lowest BCUT2D eigenvalue weighted by atomic mass is 9.49. The van der Waals surface area contributed by atoms with Crippen LogP contribution in [0.25, 0.3) is 0 Å². The molecular formula is C22H29N3O4. The number of hydrazine groups is 1. The van der Waals surface area contributed by atoms with Gasteiger partial charge in [-0.2, -0.15) is 0 Å². The number of amides is 2. The minimum Gasteiger partial charge on any atom is -0.273 e. The highest BCUT2D eigenvalue weighted by Gasteiger charge is 2.55. The molecule has 5 rings (SSSR count). The molecule has 156 valence electrons. The summed E-state index contributed by atoms with van der Waals surface area (Å²) in [6.07, 6.45) is 6.35. The Morgan fingerprint density at radius 2 is 1.59 bits per heavy atom. The van der Waals surface area contributed by atoms with Gasteiger partial charge in [0.15, 0.2) is 0 Å². The Labute approximate surface area is 171 Å². The fraction of sp³-hybridized carbons (Fsp3) is 0.636. The number of rotatable bonds is 3. The van der Waals surface area contributed by atoms with Crippen LogP contribution in [-0.2, 0) is 4.79 Å². The van der Waals surface area contributed by atoms with Crippen molar-refractivity contribution in [1.29, 1.82) is 0 Å². The first-order valence-corrected chi connectivity index (χ1v) is 10.5. The van der Waals surface area contributed by atoms with Gasteiger partial charge >= 0.3 is 0 Å². The van der Waals surface area contributed by atoms with Gasteiger partial charge in [-0.25, -0.2) is 5.01 Å². The molecule has 0 spiro atoms. The van der Waals surface area contributed by atoms with E-state index in [4.69, 9.17) is 0 Å². The first-order valence-electron chi connectivity index (χ1n) is 10.5. The molecule has 29 heavy (non-hydrogen) atoms. The Balaban J connectivity index is 1.61. The summed E-state index contributed by atoms with van der Waals surface area (Å²) in [6, 6.07) is 5.89. The topological polar surface area (TPSA) is 92.6 Å². The van der Waals surface area contributed by atoms with E-state index in [9.17, 15) is 19.7 Å². The van der Waals surface area contributed by atoms with Gasteiger partial charge in [-0.05, 0) is 83.1 Å². The fourth-order valence-corrected chi connectivity index (χ4v) is 6.07. The zero-order valence-electron chi connectivity index (χ0n) is 17.3. The van der Waals surface area contributed by atoms with E-state index in [1.807, 2.05) is 20.8 Å². The van der Waals surface area contributed by atoms with Crippen LogP contribution in [-0.4, -0.2) is 27.3 Å².